The Labute approximate surface area is 91.1 Å². The summed E-state index contributed by atoms with van der Waals surface area (Å²) in [5.41, 5.74) is 8.47. The van der Waals surface area contributed by atoms with Crippen molar-refractivity contribution < 1.29 is 0 Å². The van der Waals surface area contributed by atoms with Crippen molar-refractivity contribution in [2.75, 3.05) is 6.54 Å². The molecular formula is C12H19NS. The van der Waals surface area contributed by atoms with E-state index in [4.69, 9.17) is 5.73 Å². The second-order valence-corrected chi connectivity index (χ2v) is 5.86. The van der Waals surface area contributed by atoms with E-state index < -0.39 is 0 Å². The number of hydrogen-bond donors (Lipinski definition) is 1. The molecule has 0 aliphatic heterocycles. The molecule has 0 aliphatic carbocycles. The van der Waals surface area contributed by atoms with E-state index in [0.717, 1.165) is 12.3 Å². The van der Waals surface area contributed by atoms with Crippen molar-refractivity contribution in [2.24, 2.45) is 5.73 Å². The van der Waals surface area contributed by atoms with Crippen molar-refractivity contribution in [3.05, 3.63) is 35.4 Å². The van der Waals surface area contributed by atoms with E-state index in [1.807, 2.05) is 11.8 Å². The third-order valence-electron chi connectivity index (χ3n) is 2.37. The normalized spacial score (nSPS) is 11.7. The summed E-state index contributed by atoms with van der Waals surface area (Å²) in [6.07, 6.45) is 0. The molecule has 0 aliphatic rings. The molecule has 0 fully saturated rings. The zero-order chi connectivity index (χ0) is 10.6. The molecule has 0 saturated heterocycles. The number of benzene rings is 1. The summed E-state index contributed by atoms with van der Waals surface area (Å²) in [7, 11) is 0. The molecule has 0 aromatic heterocycles. The molecule has 0 heterocycles. The molecule has 1 aromatic carbocycles. The summed E-state index contributed by atoms with van der Waals surface area (Å²) in [6, 6.07) is 8.52. The Morgan fingerprint density at radius 1 is 1.29 bits per heavy atom. The molecule has 0 saturated carbocycles. The molecule has 0 radical (unpaired) electrons. The molecule has 0 amide bonds. The highest BCUT2D eigenvalue weighted by Crippen LogP contribution is 2.27. The Hall–Kier alpha value is -0.470. The number of aryl methyl sites for hydroxylation is 1. The van der Waals surface area contributed by atoms with E-state index in [2.05, 4.69) is 45.0 Å². The quantitative estimate of drug-likeness (QED) is 0.825. The van der Waals surface area contributed by atoms with Gasteiger partial charge in [0.1, 0.15) is 0 Å². The lowest BCUT2D eigenvalue weighted by Crippen LogP contribution is -2.26. The van der Waals surface area contributed by atoms with Crippen molar-refractivity contribution in [1.29, 1.82) is 0 Å². The van der Waals surface area contributed by atoms with Crippen LogP contribution in [0.3, 0.4) is 0 Å². The number of hydrogen-bond acceptors (Lipinski definition) is 2. The Bertz CT molecular complexity index is 294. The van der Waals surface area contributed by atoms with E-state index >= 15 is 0 Å². The SMILES string of the molecule is Cc1ccccc1CSC(C)(C)CN. The minimum atomic E-state index is 0.183. The second-order valence-electron chi connectivity index (χ2n) is 4.18. The van der Waals surface area contributed by atoms with Gasteiger partial charge in [-0.05, 0) is 31.9 Å². The lowest BCUT2D eigenvalue weighted by Gasteiger charge is -2.22. The summed E-state index contributed by atoms with van der Waals surface area (Å²) < 4.78 is 0.183. The summed E-state index contributed by atoms with van der Waals surface area (Å²) in [4.78, 5) is 0. The van der Waals surface area contributed by atoms with Gasteiger partial charge >= 0.3 is 0 Å². The summed E-state index contributed by atoms with van der Waals surface area (Å²) in [5.74, 6) is 1.05. The summed E-state index contributed by atoms with van der Waals surface area (Å²) in [5, 5.41) is 0. The van der Waals surface area contributed by atoms with Crippen molar-refractivity contribution in [1.82, 2.24) is 0 Å². The first-order valence-corrected chi connectivity index (χ1v) is 5.92. The summed E-state index contributed by atoms with van der Waals surface area (Å²) >= 11 is 1.92. The average molecular weight is 209 g/mol. The average Bonchev–Trinajstić information content (AvgIpc) is 2.17. The smallest absolute Gasteiger partial charge is 0.0229 e. The van der Waals surface area contributed by atoms with Crippen LogP contribution in [0.15, 0.2) is 24.3 Å². The first kappa shape index (κ1) is 11.6. The highest BCUT2D eigenvalue weighted by atomic mass is 32.2. The van der Waals surface area contributed by atoms with Gasteiger partial charge in [0.05, 0.1) is 0 Å². The van der Waals surface area contributed by atoms with Crippen LogP contribution in [-0.2, 0) is 5.75 Å². The van der Waals surface area contributed by atoms with Gasteiger partial charge < -0.3 is 5.73 Å². The highest BCUT2D eigenvalue weighted by molar-refractivity contribution is 7.99. The van der Waals surface area contributed by atoms with Gasteiger partial charge in [0, 0.05) is 17.0 Å². The lowest BCUT2D eigenvalue weighted by atomic mass is 10.1. The van der Waals surface area contributed by atoms with E-state index in [1.54, 1.807) is 0 Å². The largest absolute Gasteiger partial charge is 0.329 e. The Morgan fingerprint density at radius 2 is 1.93 bits per heavy atom. The van der Waals surface area contributed by atoms with E-state index in [1.165, 1.54) is 11.1 Å². The molecule has 0 bridgehead atoms. The fraction of sp³-hybridized carbons (Fsp3) is 0.500. The van der Waals surface area contributed by atoms with E-state index in [0.29, 0.717) is 0 Å². The molecule has 0 unspecified atom stereocenters. The maximum Gasteiger partial charge on any atom is 0.0229 e. The van der Waals surface area contributed by atoms with Crippen LogP contribution >= 0.6 is 11.8 Å². The maximum absolute atomic E-state index is 5.69. The monoisotopic (exact) mass is 209 g/mol. The molecule has 2 heteroatoms. The van der Waals surface area contributed by atoms with Crippen LogP contribution in [0.5, 0.6) is 0 Å². The zero-order valence-corrected chi connectivity index (χ0v) is 10.0. The summed E-state index contributed by atoms with van der Waals surface area (Å²) in [6.45, 7) is 7.26. The van der Waals surface area contributed by atoms with Gasteiger partial charge in [0.25, 0.3) is 0 Å². The van der Waals surface area contributed by atoms with E-state index in [9.17, 15) is 0 Å². The fourth-order valence-corrected chi connectivity index (χ4v) is 2.09. The zero-order valence-electron chi connectivity index (χ0n) is 9.21. The van der Waals surface area contributed by atoms with Crippen LogP contribution in [0.25, 0.3) is 0 Å². The van der Waals surface area contributed by atoms with Crippen LogP contribution in [0.2, 0.25) is 0 Å². The predicted octanol–water partition coefficient (Wildman–Crippen LogP) is 2.97. The standard InChI is InChI=1S/C12H19NS/c1-10-6-4-5-7-11(10)8-14-12(2,3)9-13/h4-7H,8-9,13H2,1-3H3. The number of nitrogens with two attached hydrogens (primary N) is 1. The highest BCUT2D eigenvalue weighted by Gasteiger charge is 2.15. The van der Waals surface area contributed by atoms with Crippen molar-refractivity contribution in [2.45, 2.75) is 31.3 Å². The Kier molecular flexibility index (Phi) is 4.02. The van der Waals surface area contributed by atoms with Gasteiger partial charge in [0.2, 0.25) is 0 Å². The second kappa shape index (κ2) is 4.85. The van der Waals surface area contributed by atoms with Crippen LogP contribution in [0.1, 0.15) is 25.0 Å². The third kappa shape index (κ3) is 3.35. The molecule has 0 atom stereocenters. The molecule has 0 spiro atoms. The van der Waals surface area contributed by atoms with Crippen molar-refractivity contribution >= 4 is 11.8 Å². The molecule has 1 nitrogen and oxygen atoms in total. The lowest BCUT2D eigenvalue weighted by molar-refractivity contribution is 0.722. The van der Waals surface area contributed by atoms with Crippen LogP contribution in [0, 0.1) is 6.92 Å². The van der Waals surface area contributed by atoms with Gasteiger partial charge in [-0.3, -0.25) is 0 Å². The number of thioether (sulfide) groups is 1. The van der Waals surface area contributed by atoms with Gasteiger partial charge in [-0.1, -0.05) is 24.3 Å². The van der Waals surface area contributed by atoms with Crippen molar-refractivity contribution in [3.63, 3.8) is 0 Å². The maximum atomic E-state index is 5.69. The third-order valence-corrected chi connectivity index (χ3v) is 3.77. The minimum Gasteiger partial charge on any atom is -0.329 e. The molecular weight excluding hydrogens is 190 g/mol. The predicted molar refractivity (Wildman–Crippen MR) is 65.6 cm³/mol. The minimum absolute atomic E-state index is 0.183. The molecule has 2 N–H and O–H groups in total. The molecule has 14 heavy (non-hydrogen) atoms. The van der Waals surface area contributed by atoms with Crippen LogP contribution in [-0.4, -0.2) is 11.3 Å². The fourth-order valence-electron chi connectivity index (χ4n) is 1.10. The Balaban J connectivity index is 2.58. The Morgan fingerprint density at radius 3 is 2.50 bits per heavy atom. The van der Waals surface area contributed by atoms with Gasteiger partial charge in [0.15, 0.2) is 0 Å². The molecule has 78 valence electrons. The molecule has 1 rings (SSSR count). The van der Waals surface area contributed by atoms with Gasteiger partial charge in [-0.2, -0.15) is 0 Å². The first-order valence-electron chi connectivity index (χ1n) is 4.94. The van der Waals surface area contributed by atoms with E-state index in [-0.39, 0.29) is 4.75 Å². The molecule has 1 aromatic rings. The van der Waals surface area contributed by atoms with Crippen molar-refractivity contribution in [3.8, 4) is 0 Å². The van der Waals surface area contributed by atoms with Gasteiger partial charge in [-0.15, -0.1) is 11.8 Å². The topological polar surface area (TPSA) is 26.0 Å². The first-order chi connectivity index (χ1) is 6.55. The van der Waals surface area contributed by atoms with Crippen LogP contribution in [0.4, 0.5) is 0 Å². The van der Waals surface area contributed by atoms with Crippen LogP contribution < -0.4 is 5.73 Å². The van der Waals surface area contributed by atoms with Gasteiger partial charge in [-0.25, -0.2) is 0 Å². The number of rotatable bonds is 4.